The van der Waals surface area contributed by atoms with Gasteiger partial charge >= 0.3 is 6.09 Å². The van der Waals surface area contributed by atoms with Crippen molar-refractivity contribution >= 4 is 6.09 Å². The zero-order chi connectivity index (χ0) is 15.9. The van der Waals surface area contributed by atoms with Crippen LogP contribution in [0.4, 0.5) is 4.79 Å². The monoisotopic (exact) mass is 305 g/mol. The van der Waals surface area contributed by atoms with E-state index in [1.165, 1.54) is 17.8 Å². The Morgan fingerprint density at radius 2 is 1.95 bits per heavy atom. The third kappa shape index (κ3) is 3.13. The molecule has 1 aromatic rings. The van der Waals surface area contributed by atoms with Gasteiger partial charge in [-0.25, -0.2) is 9.78 Å². The van der Waals surface area contributed by atoms with Crippen LogP contribution in [0.2, 0.25) is 0 Å². The molecule has 1 aromatic heterocycles. The minimum Gasteiger partial charge on any atom is -0.444 e. The summed E-state index contributed by atoms with van der Waals surface area (Å²) in [6, 6.07) is 0. The highest BCUT2D eigenvalue weighted by atomic mass is 16.6. The molecule has 1 N–H and O–H groups in total. The number of carbonyl (C=O) groups excluding carboxylic acids is 1. The van der Waals surface area contributed by atoms with E-state index in [-0.39, 0.29) is 6.09 Å². The van der Waals surface area contributed by atoms with Crippen molar-refractivity contribution in [1.82, 2.24) is 14.9 Å². The van der Waals surface area contributed by atoms with Gasteiger partial charge in [-0.1, -0.05) is 6.92 Å². The Hall–Kier alpha value is -1.52. The topological polar surface area (TPSA) is 58.2 Å². The highest BCUT2D eigenvalue weighted by Crippen LogP contribution is 2.34. The molecule has 0 aromatic carbocycles. The summed E-state index contributed by atoms with van der Waals surface area (Å²) < 4.78 is 5.45. The van der Waals surface area contributed by atoms with E-state index in [1.54, 1.807) is 0 Å². The number of aromatic amines is 1. The molecule has 1 unspecified atom stereocenters. The van der Waals surface area contributed by atoms with Gasteiger partial charge in [0.15, 0.2) is 0 Å². The number of aryl methyl sites for hydroxylation is 1. The van der Waals surface area contributed by atoms with Crippen molar-refractivity contribution in [2.75, 3.05) is 13.1 Å². The number of hydrogen-bond donors (Lipinski definition) is 1. The van der Waals surface area contributed by atoms with Crippen LogP contribution in [-0.4, -0.2) is 39.7 Å². The summed E-state index contributed by atoms with van der Waals surface area (Å²) in [5.41, 5.74) is 2.17. The molecule has 1 atom stereocenters. The molecule has 3 rings (SSSR count). The first-order valence-corrected chi connectivity index (χ1v) is 8.40. The number of rotatable bonds is 1. The highest BCUT2D eigenvalue weighted by molar-refractivity contribution is 5.68. The summed E-state index contributed by atoms with van der Waals surface area (Å²) >= 11 is 0. The lowest BCUT2D eigenvalue weighted by molar-refractivity contribution is 0.0203. The number of piperidine rings is 1. The zero-order valence-corrected chi connectivity index (χ0v) is 14.1. The van der Waals surface area contributed by atoms with E-state index in [2.05, 4.69) is 11.9 Å². The maximum atomic E-state index is 12.1. The summed E-state index contributed by atoms with van der Waals surface area (Å²) in [4.78, 5) is 22.3. The summed E-state index contributed by atoms with van der Waals surface area (Å²) in [6.45, 7) is 9.47. The number of hydrogen-bond acceptors (Lipinski definition) is 3. The predicted octanol–water partition coefficient (Wildman–Crippen LogP) is 3.57. The lowest BCUT2D eigenvalue weighted by atomic mass is 9.96. The van der Waals surface area contributed by atoms with E-state index < -0.39 is 5.60 Å². The second-order valence-corrected chi connectivity index (χ2v) is 7.67. The fourth-order valence-electron chi connectivity index (χ4n) is 3.39. The van der Waals surface area contributed by atoms with E-state index in [0.29, 0.717) is 11.8 Å². The van der Waals surface area contributed by atoms with E-state index in [0.717, 1.165) is 38.2 Å². The number of likely N-dealkylation sites (tertiary alicyclic amines) is 1. The van der Waals surface area contributed by atoms with Crippen LogP contribution >= 0.6 is 0 Å². The Morgan fingerprint density at radius 3 is 2.55 bits per heavy atom. The first-order chi connectivity index (χ1) is 10.3. The summed E-state index contributed by atoms with van der Waals surface area (Å²) in [7, 11) is 0. The third-order valence-electron chi connectivity index (χ3n) is 4.66. The van der Waals surface area contributed by atoms with Crippen LogP contribution in [0.1, 0.15) is 76.0 Å². The van der Waals surface area contributed by atoms with Crippen LogP contribution in [-0.2, 0) is 11.2 Å². The number of H-pyrrole nitrogens is 1. The second kappa shape index (κ2) is 5.60. The van der Waals surface area contributed by atoms with Crippen LogP contribution in [0.15, 0.2) is 0 Å². The maximum Gasteiger partial charge on any atom is 0.410 e. The van der Waals surface area contributed by atoms with Gasteiger partial charge in [-0.15, -0.1) is 0 Å². The van der Waals surface area contributed by atoms with E-state index in [4.69, 9.17) is 9.72 Å². The number of fused-ring (bicyclic) bond motifs is 1. The quantitative estimate of drug-likeness (QED) is 0.863. The molecule has 5 heteroatoms. The maximum absolute atomic E-state index is 12.1. The summed E-state index contributed by atoms with van der Waals surface area (Å²) in [5.74, 6) is 2.15. The van der Waals surface area contributed by atoms with Crippen molar-refractivity contribution in [2.24, 2.45) is 0 Å². The van der Waals surface area contributed by atoms with Crippen LogP contribution in [0.25, 0.3) is 0 Å². The lowest BCUT2D eigenvalue weighted by Crippen LogP contribution is -2.41. The van der Waals surface area contributed by atoms with Gasteiger partial charge in [0.2, 0.25) is 0 Å². The van der Waals surface area contributed by atoms with Crippen molar-refractivity contribution in [1.29, 1.82) is 0 Å². The second-order valence-electron chi connectivity index (χ2n) is 7.67. The molecule has 1 aliphatic carbocycles. The fraction of sp³-hybridized carbons (Fsp3) is 0.765. The molecular weight excluding hydrogens is 278 g/mol. The fourth-order valence-corrected chi connectivity index (χ4v) is 3.39. The van der Waals surface area contributed by atoms with Crippen LogP contribution in [0, 0.1) is 0 Å². The Bertz CT molecular complexity index is 551. The summed E-state index contributed by atoms with van der Waals surface area (Å²) in [6.07, 6.45) is 4.06. The van der Waals surface area contributed by atoms with E-state index in [1.807, 2.05) is 25.7 Å². The molecule has 2 aliphatic rings. The predicted molar refractivity (Wildman–Crippen MR) is 85.1 cm³/mol. The van der Waals surface area contributed by atoms with Crippen LogP contribution in [0.3, 0.4) is 0 Å². The Morgan fingerprint density at radius 1 is 1.27 bits per heavy atom. The molecule has 122 valence electrons. The molecule has 2 heterocycles. The van der Waals surface area contributed by atoms with Gasteiger partial charge in [-0.05, 0) is 46.5 Å². The van der Waals surface area contributed by atoms with Gasteiger partial charge in [-0.3, -0.25) is 0 Å². The largest absolute Gasteiger partial charge is 0.444 e. The number of ether oxygens (including phenoxy) is 1. The smallest absolute Gasteiger partial charge is 0.410 e. The van der Waals surface area contributed by atoms with Gasteiger partial charge in [-0.2, -0.15) is 0 Å². The van der Waals surface area contributed by atoms with Crippen molar-refractivity contribution in [3.8, 4) is 0 Å². The number of imidazole rings is 1. The Balaban J connectivity index is 1.58. The zero-order valence-electron chi connectivity index (χ0n) is 14.1. The first kappa shape index (κ1) is 15.4. The van der Waals surface area contributed by atoms with Crippen molar-refractivity contribution < 1.29 is 9.53 Å². The van der Waals surface area contributed by atoms with Crippen LogP contribution < -0.4 is 0 Å². The van der Waals surface area contributed by atoms with Gasteiger partial charge in [0.25, 0.3) is 0 Å². The molecule has 0 radical (unpaired) electrons. The molecular formula is C17H27N3O2. The molecule has 0 saturated carbocycles. The van der Waals surface area contributed by atoms with Crippen LogP contribution in [0.5, 0.6) is 0 Å². The van der Waals surface area contributed by atoms with E-state index >= 15 is 0 Å². The van der Waals surface area contributed by atoms with Crippen molar-refractivity contribution in [3.05, 3.63) is 17.2 Å². The summed E-state index contributed by atoms with van der Waals surface area (Å²) in [5, 5.41) is 0. The van der Waals surface area contributed by atoms with Gasteiger partial charge < -0.3 is 14.6 Å². The van der Waals surface area contributed by atoms with Gasteiger partial charge in [0.1, 0.15) is 11.4 Å². The number of aromatic nitrogens is 2. The van der Waals surface area contributed by atoms with Crippen molar-refractivity contribution in [3.63, 3.8) is 0 Å². The number of amides is 1. The lowest BCUT2D eigenvalue weighted by Gasteiger charge is -2.32. The third-order valence-corrected chi connectivity index (χ3v) is 4.66. The van der Waals surface area contributed by atoms with Gasteiger partial charge in [0, 0.05) is 30.6 Å². The minimum atomic E-state index is -0.425. The molecule has 1 aliphatic heterocycles. The number of nitrogens with zero attached hydrogens (tertiary/aromatic N) is 2. The Labute approximate surface area is 132 Å². The normalized spacial score (nSPS) is 22.7. The molecule has 1 fully saturated rings. The SMILES string of the molecule is CC1CCc2[nH]c(C3CCN(C(=O)OC(C)(C)C)CC3)nc21. The molecule has 0 bridgehead atoms. The number of nitrogens with one attached hydrogen (secondary N) is 1. The number of carbonyl (C=O) groups is 1. The van der Waals surface area contributed by atoms with Gasteiger partial charge in [0.05, 0.1) is 5.69 Å². The first-order valence-electron chi connectivity index (χ1n) is 8.40. The molecule has 22 heavy (non-hydrogen) atoms. The molecule has 1 amide bonds. The highest BCUT2D eigenvalue weighted by Gasteiger charge is 2.30. The average Bonchev–Trinajstić information content (AvgIpc) is 3.00. The average molecular weight is 305 g/mol. The Kier molecular flexibility index (Phi) is 3.91. The molecule has 5 nitrogen and oxygen atoms in total. The minimum absolute atomic E-state index is 0.193. The van der Waals surface area contributed by atoms with Crippen molar-refractivity contribution in [2.45, 2.75) is 70.8 Å². The molecule has 1 saturated heterocycles. The standard InChI is InChI=1S/C17H27N3O2/c1-11-5-6-13-14(11)19-15(18-13)12-7-9-20(10-8-12)16(21)22-17(2,3)4/h11-12H,5-10H2,1-4H3,(H,18,19). The van der Waals surface area contributed by atoms with E-state index in [9.17, 15) is 4.79 Å². The molecule has 0 spiro atoms.